The monoisotopic (exact) mass is 511 g/mol. The quantitative estimate of drug-likeness (QED) is 0.474. The van der Waals surface area contributed by atoms with E-state index in [9.17, 15) is 18.0 Å². The van der Waals surface area contributed by atoms with Crippen LogP contribution in [0.15, 0.2) is 18.2 Å². The van der Waals surface area contributed by atoms with Crippen LogP contribution < -0.4 is 15.1 Å². The molecular formula is C22H24F3N5OSe. The van der Waals surface area contributed by atoms with Crippen molar-refractivity contribution in [2.24, 2.45) is 11.8 Å². The summed E-state index contributed by atoms with van der Waals surface area (Å²) >= 11 is -1.78. The van der Waals surface area contributed by atoms with Crippen LogP contribution in [0.4, 0.5) is 19.0 Å². The van der Waals surface area contributed by atoms with E-state index in [1.807, 2.05) is 6.07 Å². The molecule has 2 aromatic rings. The molecule has 0 unspecified atom stereocenters. The number of piperidine rings is 1. The van der Waals surface area contributed by atoms with Gasteiger partial charge < -0.3 is 0 Å². The van der Waals surface area contributed by atoms with E-state index in [0.29, 0.717) is 17.3 Å². The Morgan fingerprint density at radius 1 is 1.38 bits per heavy atom. The number of halogens is 3. The standard InChI is InChI=1S/C22H24F3N5OSe/c1-29-11-9-21(12-15(21)13-29)27-18-6-2-5-17-19(32-22(23,24)25)16(28-30(17)18)4-3-10-26-20(31)14-7-8-14/h2,5-6,14-15,27H,7-13H2,1H3,(H,26,31)/t15-,21+/m0/s1. The fourth-order valence-electron chi connectivity index (χ4n) is 4.44. The van der Waals surface area contributed by atoms with Crippen LogP contribution in [0, 0.1) is 23.7 Å². The summed E-state index contributed by atoms with van der Waals surface area (Å²) < 4.78 is 41.8. The molecule has 2 N–H and O–H groups in total. The number of hydrogen-bond acceptors (Lipinski definition) is 4. The van der Waals surface area contributed by atoms with Crippen molar-refractivity contribution < 1.29 is 18.0 Å². The van der Waals surface area contributed by atoms with Gasteiger partial charge in [-0.05, 0) is 0 Å². The molecule has 170 valence electrons. The number of aromatic nitrogens is 2. The minimum atomic E-state index is -4.31. The SMILES string of the molecule is CN1CC[C@@]2(Nc3cccc4c([Se]C(F)(F)F)c(C#CCNC(=O)C5CC5)nn34)C[C@H]2C1. The zero-order valence-corrected chi connectivity index (χ0v) is 19.3. The van der Waals surface area contributed by atoms with Crippen molar-refractivity contribution >= 4 is 36.7 Å². The predicted molar refractivity (Wildman–Crippen MR) is 116 cm³/mol. The van der Waals surface area contributed by atoms with E-state index in [-0.39, 0.29) is 34.1 Å². The van der Waals surface area contributed by atoms with Gasteiger partial charge >= 0.3 is 190 Å². The van der Waals surface area contributed by atoms with E-state index >= 15 is 0 Å². The number of likely N-dealkylation sites (tertiary alicyclic amines) is 1. The first kappa shape index (κ1) is 21.6. The number of carbonyl (C=O) groups is 1. The third-order valence-electron chi connectivity index (χ3n) is 6.42. The van der Waals surface area contributed by atoms with Crippen molar-refractivity contribution in [2.75, 3.05) is 32.0 Å². The second-order valence-corrected chi connectivity index (χ2v) is 11.2. The zero-order chi connectivity index (χ0) is 22.5. The Bertz CT molecular complexity index is 1120. The van der Waals surface area contributed by atoms with Crippen LogP contribution in [0.1, 0.15) is 31.4 Å². The van der Waals surface area contributed by atoms with Crippen LogP contribution in [0.5, 0.6) is 0 Å². The topological polar surface area (TPSA) is 61.7 Å². The molecule has 3 fully saturated rings. The molecule has 1 aliphatic heterocycles. The molecule has 2 aromatic heterocycles. The third-order valence-corrected chi connectivity index (χ3v) is 8.18. The van der Waals surface area contributed by atoms with E-state index in [2.05, 4.69) is 39.5 Å². The number of amides is 1. The molecule has 3 aliphatic rings. The number of carbonyl (C=O) groups excluding carboxylic acids is 1. The second-order valence-electron chi connectivity index (χ2n) is 8.92. The Morgan fingerprint density at radius 3 is 2.91 bits per heavy atom. The van der Waals surface area contributed by atoms with Gasteiger partial charge in [0.1, 0.15) is 0 Å². The van der Waals surface area contributed by atoms with Crippen molar-refractivity contribution in [2.45, 2.75) is 36.3 Å². The van der Waals surface area contributed by atoms with Crippen molar-refractivity contribution in [1.29, 1.82) is 0 Å². The molecule has 3 heterocycles. The van der Waals surface area contributed by atoms with Gasteiger partial charge in [0.15, 0.2) is 0 Å². The van der Waals surface area contributed by atoms with Crippen molar-refractivity contribution in [3.8, 4) is 11.8 Å². The Morgan fingerprint density at radius 2 is 2.19 bits per heavy atom. The van der Waals surface area contributed by atoms with Crippen molar-refractivity contribution in [3.05, 3.63) is 23.9 Å². The first-order valence-electron chi connectivity index (χ1n) is 10.7. The number of fused-ring (bicyclic) bond motifs is 2. The number of hydrogen-bond donors (Lipinski definition) is 2. The number of anilines is 1. The first-order chi connectivity index (χ1) is 15.2. The van der Waals surface area contributed by atoms with E-state index in [4.69, 9.17) is 0 Å². The Kier molecular flexibility index (Phi) is 5.39. The van der Waals surface area contributed by atoms with Crippen LogP contribution in [-0.2, 0) is 4.79 Å². The number of pyridine rings is 1. The molecular weight excluding hydrogens is 486 g/mol. The number of nitrogens with zero attached hydrogens (tertiary/aromatic N) is 3. The molecule has 2 atom stereocenters. The van der Waals surface area contributed by atoms with Gasteiger partial charge in [0.25, 0.3) is 0 Å². The summed E-state index contributed by atoms with van der Waals surface area (Å²) in [7, 11) is 2.11. The minimum absolute atomic E-state index is 0.00100. The second kappa shape index (κ2) is 7.98. The van der Waals surface area contributed by atoms with Gasteiger partial charge in [-0.2, -0.15) is 0 Å². The van der Waals surface area contributed by atoms with Gasteiger partial charge in [0.05, 0.1) is 0 Å². The van der Waals surface area contributed by atoms with Crippen LogP contribution in [-0.4, -0.2) is 72.7 Å². The first-order valence-corrected chi connectivity index (χ1v) is 12.5. The van der Waals surface area contributed by atoms with E-state index in [1.165, 1.54) is 0 Å². The summed E-state index contributed by atoms with van der Waals surface area (Å²) in [4.78, 5) is 14.1. The van der Waals surface area contributed by atoms with Gasteiger partial charge in [-0.3, -0.25) is 0 Å². The predicted octanol–water partition coefficient (Wildman–Crippen LogP) is 1.57. The Balaban J connectivity index is 1.43. The summed E-state index contributed by atoms with van der Waals surface area (Å²) in [5.41, 5.74) is 0.562. The van der Waals surface area contributed by atoms with Crippen LogP contribution in [0.3, 0.4) is 0 Å². The molecule has 0 aromatic carbocycles. The van der Waals surface area contributed by atoms with Crippen LogP contribution >= 0.6 is 0 Å². The molecule has 2 saturated carbocycles. The number of alkyl halides is 3. The number of nitrogens with one attached hydrogen (secondary N) is 2. The number of rotatable bonds is 5. The van der Waals surface area contributed by atoms with Crippen molar-refractivity contribution in [1.82, 2.24) is 19.8 Å². The van der Waals surface area contributed by atoms with E-state index in [1.54, 1.807) is 16.6 Å². The normalized spacial score (nSPS) is 25.1. The molecule has 32 heavy (non-hydrogen) atoms. The third kappa shape index (κ3) is 4.47. The molecule has 5 rings (SSSR count). The molecule has 0 bridgehead atoms. The summed E-state index contributed by atoms with van der Waals surface area (Å²) in [5, 5.41) is 6.46. The van der Waals surface area contributed by atoms with Crippen molar-refractivity contribution in [3.63, 3.8) is 0 Å². The average molecular weight is 510 g/mol. The molecule has 2 aliphatic carbocycles. The fourth-order valence-corrected chi connectivity index (χ4v) is 5.87. The van der Waals surface area contributed by atoms with Gasteiger partial charge in [0.2, 0.25) is 0 Å². The molecule has 0 radical (unpaired) electrons. The molecule has 0 spiro atoms. The van der Waals surface area contributed by atoms with E-state index in [0.717, 1.165) is 38.8 Å². The van der Waals surface area contributed by atoms with Crippen LogP contribution in [0.2, 0.25) is 0 Å². The molecule has 6 nitrogen and oxygen atoms in total. The molecule has 1 amide bonds. The summed E-state index contributed by atoms with van der Waals surface area (Å²) in [6.45, 7) is 2.11. The summed E-state index contributed by atoms with van der Waals surface area (Å²) in [6, 6.07) is 5.29. The zero-order valence-electron chi connectivity index (χ0n) is 17.6. The molecule has 1 saturated heterocycles. The van der Waals surface area contributed by atoms with Gasteiger partial charge in [-0.1, -0.05) is 0 Å². The van der Waals surface area contributed by atoms with Gasteiger partial charge in [0, 0.05) is 0 Å². The van der Waals surface area contributed by atoms with Crippen LogP contribution in [0.25, 0.3) is 5.52 Å². The maximum absolute atomic E-state index is 13.4. The Labute approximate surface area is 190 Å². The Hall–Kier alpha value is -2.21. The summed E-state index contributed by atoms with van der Waals surface area (Å²) in [6.07, 6.45) is 3.83. The maximum atomic E-state index is 13.4. The van der Waals surface area contributed by atoms with Gasteiger partial charge in [-0.25, -0.2) is 0 Å². The van der Waals surface area contributed by atoms with Gasteiger partial charge in [-0.15, -0.1) is 0 Å². The fraction of sp³-hybridized carbons (Fsp3) is 0.545. The molecule has 10 heteroatoms. The average Bonchev–Trinajstić information content (AvgIpc) is 3.63. The summed E-state index contributed by atoms with van der Waals surface area (Å²) in [5.74, 6) is 6.82. The van der Waals surface area contributed by atoms with E-state index < -0.39 is 20.0 Å².